The van der Waals surface area contributed by atoms with Gasteiger partial charge in [-0.15, -0.1) is 0 Å². The van der Waals surface area contributed by atoms with E-state index in [0.29, 0.717) is 0 Å². The van der Waals surface area contributed by atoms with Crippen LogP contribution in [-0.2, 0) is 6.42 Å². The second-order valence-corrected chi connectivity index (χ2v) is 7.92. The monoisotopic (exact) mass is 324 g/mol. The van der Waals surface area contributed by atoms with Gasteiger partial charge in [-0.3, -0.25) is 0 Å². The molecule has 0 aliphatic heterocycles. The SMILES string of the molecule is CCc1cc(-c2ccc(Cl)cc2)ccc1C1CC2CCC(C2)C1. The molecule has 0 saturated heterocycles. The van der Waals surface area contributed by atoms with Gasteiger partial charge < -0.3 is 0 Å². The molecule has 120 valence electrons. The van der Waals surface area contributed by atoms with Crippen LogP contribution in [0, 0.1) is 11.8 Å². The fourth-order valence-corrected chi connectivity index (χ4v) is 5.02. The Kier molecular flexibility index (Phi) is 4.20. The minimum absolute atomic E-state index is 0.801. The molecule has 0 nitrogen and oxygen atoms in total. The van der Waals surface area contributed by atoms with Gasteiger partial charge >= 0.3 is 0 Å². The molecule has 0 radical (unpaired) electrons. The molecule has 1 heteroatoms. The van der Waals surface area contributed by atoms with Crippen LogP contribution in [-0.4, -0.2) is 0 Å². The lowest BCUT2D eigenvalue weighted by atomic mass is 9.75. The molecule has 2 fully saturated rings. The van der Waals surface area contributed by atoms with Gasteiger partial charge in [-0.2, -0.15) is 0 Å². The zero-order valence-electron chi connectivity index (χ0n) is 13.9. The Morgan fingerprint density at radius 2 is 1.52 bits per heavy atom. The first-order chi connectivity index (χ1) is 11.2. The van der Waals surface area contributed by atoms with Gasteiger partial charge in [-0.05, 0) is 77.8 Å². The van der Waals surface area contributed by atoms with Crippen LogP contribution >= 0.6 is 11.6 Å². The fraction of sp³-hybridized carbons (Fsp3) is 0.455. The highest BCUT2D eigenvalue weighted by atomic mass is 35.5. The van der Waals surface area contributed by atoms with Gasteiger partial charge in [-0.25, -0.2) is 0 Å². The van der Waals surface area contributed by atoms with Crippen LogP contribution in [0.1, 0.15) is 56.1 Å². The summed E-state index contributed by atoms with van der Waals surface area (Å²) in [5.41, 5.74) is 5.76. The van der Waals surface area contributed by atoms with E-state index in [0.717, 1.165) is 29.2 Å². The van der Waals surface area contributed by atoms with Crippen molar-refractivity contribution in [2.24, 2.45) is 11.8 Å². The van der Waals surface area contributed by atoms with Gasteiger partial charge in [0, 0.05) is 5.02 Å². The summed E-state index contributed by atoms with van der Waals surface area (Å²) in [4.78, 5) is 0. The molecule has 2 aliphatic rings. The molecular weight excluding hydrogens is 300 g/mol. The molecule has 0 N–H and O–H groups in total. The van der Waals surface area contributed by atoms with Crippen molar-refractivity contribution in [3.8, 4) is 11.1 Å². The third-order valence-corrected chi connectivity index (χ3v) is 6.28. The second-order valence-electron chi connectivity index (χ2n) is 7.49. The van der Waals surface area contributed by atoms with Crippen molar-refractivity contribution >= 4 is 11.6 Å². The summed E-state index contributed by atoms with van der Waals surface area (Å²) >= 11 is 6.02. The predicted molar refractivity (Wildman–Crippen MR) is 99.1 cm³/mol. The molecule has 0 amide bonds. The maximum absolute atomic E-state index is 6.02. The molecule has 2 aromatic rings. The summed E-state index contributed by atoms with van der Waals surface area (Å²) in [6.07, 6.45) is 8.42. The highest BCUT2D eigenvalue weighted by Crippen LogP contribution is 2.49. The van der Waals surface area contributed by atoms with E-state index in [-0.39, 0.29) is 0 Å². The Morgan fingerprint density at radius 3 is 2.17 bits per heavy atom. The van der Waals surface area contributed by atoms with Gasteiger partial charge in [0.05, 0.1) is 0 Å². The Morgan fingerprint density at radius 1 is 0.870 bits per heavy atom. The highest BCUT2D eigenvalue weighted by molar-refractivity contribution is 6.30. The highest BCUT2D eigenvalue weighted by Gasteiger charge is 2.35. The van der Waals surface area contributed by atoms with Gasteiger partial charge in [0.1, 0.15) is 0 Å². The maximum atomic E-state index is 6.02. The molecule has 0 heterocycles. The van der Waals surface area contributed by atoms with Crippen LogP contribution < -0.4 is 0 Å². The molecule has 23 heavy (non-hydrogen) atoms. The molecule has 0 aromatic heterocycles. The Hall–Kier alpha value is -1.27. The average Bonchev–Trinajstić information content (AvgIpc) is 2.93. The van der Waals surface area contributed by atoms with Crippen LogP contribution in [0.3, 0.4) is 0 Å². The van der Waals surface area contributed by atoms with Gasteiger partial charge in [0.2, 0.25) is 0 Å². The third-order valence-electron chi connectivity index (χ3n) is 6.03. The minimum Gasteiger partial charge on any atom is -0.0843 e. The van der Waals surface area contributed by atoms with E-state index in [9.17, 15) is 0 Å². The lowest BCUT2D eigenvalue weighted by Crippen LogP contribution is -2.15. The lowest BCUT2D eigenvalue weighted by molar-refractivity contribution is 0.319. The van der Waals surface area contributed by atoms with E-state index in [4.69, 9.17) is 11.6 Å². The summed E-state index contributed by atoms with van der Waals surface area (Å²) < 4.78 is 0. The first-order valence-electron chi connectivity index (χ1n) is 9.11. The first kappa shape index (κ1) is 15.3. The number of benzene rings is 2. The number of hydrogen-bond acceptors (Lipinski definition) is 0. The fourth-order valence-electron chi connectivity index (χ4n) is 4.89. The molecule has 0 spiro atoms. The molecular formula is C22H25Cl. The summed E-state index contributed by atoms with van der Waals surface area (Å²) in [7, 11) is 0. The molecule has 2 saturated carbocycles. The van der Waals surface area contributed by atoms with Crippen molar-refractivity contribution in [3.63, 3.8) is 0 Å². The van der Waals surface area contributed by atoms with Gasteiger partial charge in [0.15, 0.2) is 0 Å². The van der Waals surface area contributed by atoms with Crippen LogP contribution in [0.5, 0.6) is 0 Å². The summed E-state index contributed by atoms with van der Waals surface area (Å²) in [5, 5.41) is 0.804. The Balaban J connectivity index is 1.65. The molecule has 2 bridgehead atoms. The number of aryl methyl sites for hydroxylation is 1. The molecule has 2 aliphatic carbocycles. The Labute approximate surface area is 144 Å². The minimum atomic E-state index is 0.801. The number of rotatable bonds is 3. The van der Waals surface area contributed by atoms with Gasteiger partial charge in [0.25, 0.3) is 0 Å². The average molecular weight is 325 g/mol. The van der Waals surface area contributed by atoms with Crippen LogP contribution in [0.2, 0.25) is 5.02 Å². The first-order valence-corrected chi connectivity index (χ1v) is 9.49. The van der Waals surface area contributed by atoms with Crippen LogP contribution in [0.15, 0.2) is 42.5 Å². The lowest BCUT2D eigenvalue weighted by Gasteiger charge is -2.29. The predicted octanol–water partition coefficient (Wildman–Crippen LogP) is 6.86. The number of hydrogen-bond donors (Lipinski definition) is 0. The van der Waals surface area contributed by atoms with E-state index >= 15 is 0 Å². The molecule has 4 rings (SSSR count). The number of halogens is 1. The summed E-state index contributed by atoms with van der Waals surface area (Å²) in [6.45, 7) is 2.29. The number of fused-ring (bicyclic) bond motifs is 2. The van der Waals surface area contributed by atoms with Crippen LogP contribution in [0.25, 0.3) is 11.1 Å². The van der Waals surface area contributed by atoms with E-state index < -0.39 is 0 Å². The molecule has 2 aromatic carbocycles. The summed E-state index contributed by atoms with van der Waals surface area (Å²) in [6, 6.07) is 15.3. The van der Waals surface area contributed by atoms with E-state index in [1.165, 1.54) is 43.2 Å². The maximum Gasteiger partial charge on any atom is 0.0406 e. The molecule has 2 unspecified atom stereocenters. The van der Waals surface area contributed by atoms with E-state index in [2.05, 4.69) is 37.3 Å². The third kappa shape index (κ3) is 3.06. The van der Waals surface area contributed by atoms with E-state index in [1.807, 2.05) is 12.1 Å². The Bertz CT molecular complexity index is 674. The van der Waals surface area contributed by atoms with Crippen molar-refractivity contribution in [2.75, 3.05) is 0 Å². The van der Waals surface area contributed by atoms with Crippen molar-refractivity contribution in [1.29, 1.82) is 0 Å². The van der Waals surface area contributed by atoms with E-state index in [1.54, 1.807) is 11.1 Å². The topological polar surface area (TPSA) is 0 Å². The van der Waals surface area contributed by atoms with Crippen LogP contribution in [0.4, 0.5) is 0 Å². The quantitative estimate of drug-likeness (QED) is 0.578. The second kappa shape index (κ2) is 6.32. The van der Waals surface area contributed by atoms with Crippen molar-refractivity contribution in [3.05, 3.63) is 58.6 Å². The molecule has 2 atom stereocenters. The standard InChI is InChI=1S/C22H25Cl/c1-2-17-14-19(18-5-8-21(23)9-6-18)7-10-22(17)20-12-15-3-4-16(11-15)13-20/h5-10,14-16,20H,2-4,11-13H2,1H3. The van der Waals surface area contributed by atoms with Crippen molar-refractivity contribution < 1.29 is 0 Å². The zero-order chi connectivity index (χ0) is 15.8. The largest absolute Gasteiger partial charge is 0.0843 e. The normalized spacial score (nSPS) is 26.4. The zero-order valence-corrected chi connectivity index (χ0v) is 14.7. The van der Waals surface area contributed by atoms with Crippen molar-refractivity contribution in [1.82, 2.24) is 0 Å². The smallest absolute Gasteiger partial charge is 0.0406 e. The van der Waals surface area contributed by atoms with Gasteiger partial charge in [-0.1, -0.05) is 61.7 Å². The summed E-state index contributed by atoms with van der Waals surface area (Å²) in [5.74, 6) is 2.80. The van der Waals surface area contributed by atoms with Crippen molar-refractivity contribution in [2.45, 2.75) is 51.4 Å².